The van der Waals surface area contributed by atoms with Gasteiger partial charge < -0.3 is 5.32 Å². The number of allylic oxidation sites excluding steroid dienone is 1. The molecule has 4 atom stereocenters. The predicted octanol–water partition coefficient (Wildman–Crippen LogP) is 5.10. The van der Waals surface area contributed by atoms with Gasteiger partial charge in [0, 0.05) is 22.5 Å². The molecule has 2 nitrogen and oxygen atoms in total. The number of halogens is 2. The van der Waals surface area contributed by atoms with E-state index in [1.807, 2.05) is 24.3 Å². The van der Waals surface area contributed by atoms with Crippen LogP contribution in [0.2, 0.25) is 10.0 Å². The first kappa shape index (κ1) is 16.7. The second-order valence-corrected chi connectivity index (χ2v) is 7.80. The molecule has 2 aliphatic rings. The number of amides is 1. The van der Waals surface area contributed by atoms with Gasteiger partial charge in [-0.25, -0.2) is 0 Å². The van der Waals surface area contributed by atoms with Crippen molar-refractivity contribution in [1.82, 2.24) is 5.32 Å². The number of carbonyl (C=O) groups is 1. The van der Waals surface area contributed by atoms with E-state index in [0.717, 1.165) is 10.0 Å². The molecule has 0 aromatic heterocycles. The van der Waals surface area contributed by atoms with Gasteiger partial charge in [-0.15, -0.1) is 0 Å². The number of carbonyl (C=O) groups excluding carboxylic acids is 1. The topological polar surface area (TPSA) is 29.1 Å². The maximum absolute atomic E-state index is 12.2. The van der Waals surface area contributed by atoms with E-state index in [4.69, 9.17) is 23.2 Å². The molecular formula is C21H19Cl2NO. The van der Waals surface area contributed by atoms with Gasteiger partial charge in [-0.1, -0.05) is 53.6 Å². The fourth-order valence-electron chi connectivity index (χ4n) is 4.31. The average Bonchev–Trinajstić information content (AvgIpc) is 2.97. The van der Waals surface area contributed by atoms with Crippen molar-refractivity contribution in [3.63, 3.8) is 0 Å². The summed E-state index contributed by atoms with van der Waals surface area (Å²) in [5.74, 6) is 0.772. The normalized spacial score (nSPS) is 27.9. The highest BCUT2D eigenvalue weighted by Crippen LogP contribution is 2.48. The van der Waals surface area contributed by atoms with Crippen molar-refractivity contribution in [3.8, 4) is 0 Å². The number of benzene rings is 2. The SMILES string of the molecule is Cc1cc(Cl)ccc1[C@H]1C=C[C@@H]2C(=O)NC[C@@H]2[C@@H]1c1ccc(Cl)cc1. The molecular weight excluding hydrogens is 353 g/mol. The lowest BCUT2D eigenvalue weighted by Gasteiger charge is -2.36. The molecule has 2 aromatic rings. The highest BCUT2D eigenvalue weighted by molar-refractivity contribution is 6.30. The molecule has 1 aliphatic heterocycles. The van der Waals surface area contributed by atoms with E-state index in [-0.39, 0.29) is 29.6 Å². The lowest BCUT2D eigenvalue weighted by molar-refractivity contribution is -0.121. The van der Waals surface area contributed by atoms with E-state index in [1.165, 1.54) is 16.7 Å². The zero-order chi connectivity index (χ0) is 17.6. The third-order valence-electron chi connectivity index (χ3n) is 5.50. The molecule has 0 spiro atoms. The smallest absolute Gasteiger partial charge is 0.227 e. The van der Waals surface area contributed by atoms with Crippen LogP contribution >= 0.6 is 23.2 Å². The molecule has 4 rings (SSSR count). The first-order chi connectivity index (χ1) is 12.0. The summed E-state index contributed by atoms with van der Waals surface area (Å²) in [6.45, 7) is 2.81. The summed E-state index contributed by atoms with van der Waals surface area (Å²) in [6, 6.07) is 14.1. The fourth-order valence-corrected chi connectivity index (χ4v) is 4.67. The molecule has 1 fully saturated rings. The van der Waals surface area contributed by atoms with Gasteiger partial charge in [0.05, 0.1) is 5.92 Å². The number of nitrogens with one attached hydrogen (secondary N) is 1. The summed E-state index contributed by atoms with van der Waals surface area (Å²) in [5.41, 5.74) is 3.66. The second kappa shape index (κ2) is 6.51. The van der Waals surface area contributed by atoms with Gasteiger partial charge in [0.1, 0.15) is 0 Å². The third-order valence-corrected chi connectivity index (χ3v) is 5.98. The molecule has 0 bridgehead atoms. The lowest BCUT2D eigenvalue weighted by Crippen LogP contribution is -2.29. The van der Waals surface area contributed by atoms with E-state index in [1.54, 1.807) is 0 Å². The molecule has 1 heterocycles. The van der Waals surface area contributed by atoms with Gasteiger partial charge in [-0.05, 0) is 59.7 Å². The Morgan fingerprint density at radius 1 is 0.960 bits per heavy atom. The molecule has 4 heteroatoms. The Kier molecular flexibility index (Phi) is 4.35. The van der Waals surface area contributed by atoms with E-state index in [9.17, 15) is 4.79 Å². The standard InChI is InChI=1S/C21H19Cl2NO/c1-12-10-15(23)6-7-16(12)17-8-9-18-19(11-24-21(18)25)20(17)13-2-4-14(22)5-3-13/h2-10,17-20H,11H2,1H3,(H,24,25)/t17-,18+,19+,20-/m1/s1. The van der Waals surface area contributed by atoms with E-state index < -0.39 is 0 Å². The van der Waals surface area contributed by atoms with Gasteiger partial charge in [0.15, 0.2) is 0 Å². The summed E-state index contributed by atoms with van der Waals surface area (Å²) < 4.78 is 0. The van der Waals surface area contributed by atoms with Crippen molar-refractivity contribution in [3.05, 3.63) is 81.4 Å². The number of hydrogen-bond donors (Lipinski definition) is 1. The van der Waals surface area contributed by atoms with Gasteiger partial charge in [-0.3, -0.25) is 4.79 Å². The fraction of sp³-hybridized carbons (Fsp3) is 0.286. The van der Waals surface area contributed by atoms with Gasteiger partial charge in [0.25, 0.3) is 0 Å². The van der Waals surface area contributed by atoms with Crippen LogP contribution in [0, 0.1) is 18.8 Å². The molecule has 0 radical (unpaired) electrons. The average molecular weight is 372 g/mol. The van der Waals surface area contributed by atoms with E-state index in [0.29, 0.717) is 6.54 Å². The Labute approximate surface area is 157 Å². The van der Waals surface area contributed by atoms with Crippen molar-refractivity contribution in [2.24, 2.45) is 11.8 Å². The van der Waals surface area contributed by atoms with Crippen LogP contribution in [0.15, 0.2) is 54.6 Å². The van der Waals surface area contributed by atoms with Crippen LogP contribution < -0.4 is 5.32 Å². The van der Waals surface area contributed by atoms with Crippen LogP contribution in [0.3, 0.4) is 0 Å². The van der Waals surface area contributed by atoms with Gasteiger partial charge >= 0.3 is 0 Å². The number of rotatable bonds is 2. The highest BCUT2D eigenvalue weighted by Gasteiger charge is 2.44. The third kappa shape index (κ3) is 2.98. The predicted molar refractivity (Wildman–Crippen MR) is 102 cm³/mol. The maximum atomic E-state index is 12.2. The minimum Gasteiger partial charge on any atom is -0.355 e. The van der Waals surface area contributed by atoms with Gasteiger partial charge in [0.2, 0.25) is 5.91 Å². The first-order valence-corrected chi connectivity index (χ1v) is 9.28. The Hall–Kier alpha value is -1.77. The number of fused-ring (bicyclic) bond motifs is 1. The first-order valence-electron chi connectivity index (χ1n) is 8.52. The Morgan fingerprint density at radius 2 is 1.64 bits per heavy atom. The summed E-state index contributed by atoms with van der Waals surface area (Å²) in [4.78, 5) is 12.2. The van der Waals surface area contributed by atoms with Crippen LogP contribution in [-0.2, 0) is 4.79 Å². The van der Waals surface area contributed by atoms with Crippen molar-refractivity contribution in [2.75, 3.05) is 6.54 Å². The minimum absolute atomic E-state index is 0.0514. The Balaban J connectivity index is 1.83. The number of hydrogen-bond acceptors (Lipinski definition) is 1. The molecule has 1 aliphatic carbocycles. The van der Waals surface area contributed by atoms with Crippen LogP contribution in [-0.4, -0.2) is 12.5 Å². The highest BCUT2D eigenvalue weighted by atomic mass is 35.5. The molecule has 1 saturated heterocycles. The van der Waals surface area contributed by atoms with Crippen LogP contribution in [0.4, 0.5) is 0 Å². The Morgan fingerprint density at radius 3 is 2.36 bits per heavy atom. The van der Waals surface area contributed by atoms with Crippen molar-refractivity contribution in [2.45, 2.75) is 18.8 Å². The molecule has 2 aromatic carbocycles. The molecule has 25 heavy (non-hydrogen) atoms. The lowest BCUT2D eigenvalue weighted by atomic mass is 9.66. The van der Waals surface area contributed by atoms with Crippen LogP contribution in [0.5, 0.6) is 0 Å². The monoisotopic (exact) mass is 371 g/mol. The Bertz CT molecular complexity index is 843. The summed E-state index contributed by atoms with van der Waals surface area (Å²) >= 11 is 12.2. The van der Waals surface area contributed by atoms with Gasteiger partial charge in [-0.2, -0.15) is 0 Å². The quantitative estimate of drug-likeness (QED) is 0.730. The molecule has 1 amide bonds. The summed E-state index contributed by atoms with van der Waals surface area (Å²) in [7, 11) is 0. The van der Waals surface area contributed by atoms with Crippen molar-refractivity contribution < 1.29 is 4.79 Å². The zero-order valence-electron chi connectivity index (χ0n) is 13.9. The number of aryl methyl sites for hydroxylation is 1. The second-order valence-electron chi connectivity index (χ2n) is 6.92. The molecule has 1 N–H and O–H groups in total. The largest absolute Gasteiger partial charge is 0.355 e. The minimum atomic E-state index is -0.0514. The molecule has 0 saturated carbocycles. The molecule has 0 unspecified atom stereocenters. The van der Waals surface area contributed by atoms with Crippen molar-refractivity contribution in [1.29, 1.82) is 0 Å². The van der Waals surface area contributed by atoms with Crippen molar-refractivity contribution >= 4 is 29.1 Å². The summed E-state index contributed by atoms with van der Waals surface area (Å²) in [6.07, 6.45) is 4.28. The van der Waals surface area contributed by atoms with E-state index >= 15 is 0 Å². The maximum Gasteiger partial charge on any atom is 0.227 e. The van der Waals surface area contributed by atoms with Crippen LogP contribution in [0.1, 0.15) is 28.5 Å². The van der Waals surface area contributed by atoms with E-state index in [2.05, 4.69) is 42.6 Å². The molecule has 128 valence electrons. The summed E-state index contributed by atoms with van der Waals surface area (Å²) in [5, 5.41) is 4.51. The zero-order valence-corrected chi connectivity index (χ0v) is 15.4. The van der Waals surface area contributed by atoms with Crippen LogP contribution in [0.25, 0.3) is 0 Å².